The zero-order valence-corrected chi connectivity index (χ0v) is 21.6. The molecule has 1 fully saturated rings. The van der Waals surface area contributed by atoms with Crippen LogP contribution in [0.1, 0.15) is 62.3 Å². The summed E-state index contributed by atoms with van der Waals surface area (Å²) >= 11 is 2.98. The molecule has 3 rings (SSSR count). The van der Waals surface area contributed by atoms with Crippen LogP contribution >= 0.6 is 15.9 Å². The van der Waals surface area contributed by atoms with Crippen LogP contribution in [0.4, 0.5) is 8.78 Å². The highest BCUT2D eigenvalue weighted by Crippen LogP contribution is 2.36. The minimum Gasteiger partial charge on any atom is -0.462 e. The Labute approximate surface area is 207 Å². The van der Waals surface area contributed by atoms with Gasteiger partial charge in [0, 0.05) is 5.46 Å². The van der Waals surface area contributed by atoms with E-state index in [1.54, 1.807) is 13.8 Å². The number of halogens is 3. The van der Waals surface area contributed by atoms with E-state index in [2.05, 4.69) is 15.9 Å². The molecular weight excluding hydrogens is 513 g/mol. The fraction of sp³-hybridized carbons (Fsp3) is 0.417. The minimum atomic E-state index is -0.843. The lowest BCUT2D eigenvalue weighted by Gasteiger charge is -2.32. The van der Waals surface area contributed by atoms with E-state index in [0.717, 1.165) is 0 Å². The molecule has 0 atom stereocenters. The quantitative estimate of drug-likeness (QED) is 0.389. The summed E-state index contributed by atoms with van der Waals surface area (Å²) in [7, 11) is -0.843. The average molecular weight is 541 g/mol. The molecule has 6 nitrogen and oxygen atoms in total. The molecule has 1 aliphatic heterocycles. The Morgan fingerprint density at radius 2 is 1.29 bits per heavy atom. The van der Waals surface area contributed by atoms with Crippen molar-refractivity contribution in [1.82, 2.24) is 0 Å². The Kier molecular flexibility index (Phi) is 9.39. The number of hydrogen-bond acceptors (Lipinski definition) is 6. The van der Waals surface area contributed by atoms with Crippen molar-refractivity contribution < 1.29 is 37.2 Å². The van der Waals surface area contributed by atoms with E-state index in [4.69, 9.17) is 18.8 Å². The molecular formula is C24H28BBrF2O6. The highest BCUT2D eigenvalue weighted by molar-refractivity contribution is 9.10. The molecule has 10 heteroatoms. The van der Waals surface area contributed by atoms with Crippen molar-refractivity contribution in [3.05, 3.63) is 63.6 Å². The summed E-state index contributed by atoms with van der Waals surface area (Å²) in [6.07, 6.45) is 0. The summed E-state index contributed by atoms with van der Waals surface area (Å²) in [4.78, 5) is 22.9. The van der Waals surface area contributed by atoms with Gasteiger partial charge in [0.05, 0.1) is 40.0 Å². The lowest BCUT2D eigenvalue weighted by molar-refractivity contribution is 0.00578. The molecule has 2 aromatic rings. The first-order valence-corrected chi connectivity index (χ1v) is 11.6. The highest BCUT2D eigenvalue weighted by atomic mass is 79.9. The van der Waals surface area contributed by atoms with Crippen LogP contribution in [-0.4, -0.2) is 43.5 Å². The molecule has 1 saturated heterocycles. The Morgan fingerprint density at radius 1 is 0.853 bits per heavy atom. The topological polar surface area (TPSA) is 71.1 Å². The van der Waals surface area contributed by atoms with Crippen LogP contribution in [0.3, 0.4) is 0 Å². The van der Waals surface area contributed by atoms with E-state index in [9.17, 15) is 18.4 Å². The molecule has 0 aromatic heterocycles. The Bertz CT molecular complexity index is 1030. The van der Waals surface area contributed by atoms with Gasteiger partial charge in [0.1, 0.15) is 11.6 Å². The standard InChI is InChI=1S/C15H20BFO4.C9H8BrFO2/c1-6-19-13(18)10-7-8-12(17)11(9-10)16-20-14(2,3)15(4,5)21-16;1-2-13-9(12)6-3-4-8(11)7(10)5-6/h7-9H,6H2,1-5H3;3-5H,2H2,1H3. The second kappa shape index (κ2) is 11.4. The Morgan fingerprint density at radius 3 is 1.74 bits per heavy atom. The molecule has 184 valence electrons. The van der Waals surface area contributed by atoms with Crippen LogP contribution in [0.2, 0.25) is 0 Å². The Hall–Kier alpha value is -2.30. The normalized spacial score (nSPS) is 15.9. The molecule has 0 spiro atoms. The molecule has 0 N–H and O–H groups in total. The van der Waals surface area contributed by atoms with Crippen LogP contribution in [0.15, 0.2) is 40.9 Å². The summed E-state index contributed by atoms with van der Waals surface area (Å²) in [5, 5.41) is 0. The van der Waals surface area contributed by atoms with Gasteiger partial charge in [-0.25, -0.2) is 18.4 Å². The number of esters is 2. The van der Waals surface area contributed by atoms with E-state index < -0.39 is 41.9 Å². The molecule has 1 aliphatic rings. The van der Waals surface area contributed by atoms with E-state index in [0.29, 0.717) is 12.2 Å². The monoisotopic (exact) mass is 540 g/mol. The SMILES string of the molecule is CCOC(=O)c1ccc(F)c(B2OC(C)(C)C(C)(C)O2)c1.CCOC(=O)c1ccc(F)c(Br)c1. The van der Waals surface area contributed by atoms with Crippen LogP contribution in [0.25, 0.3) is 0 Å². The van der Waals surface area contributed by atoms with Gasteiger partial charge >= 0.3 is 19.1 Å². The zero-order valence-electron chi connectivity index (χ0n) is 20.0. The van der Waals surface area contributed by atoms with Crippen LogP contribution in [0, 0.1) is 11.6 Å². The molecule has 1 heterocycles. The molecule has 2 aromatic carbocycles. The third-order valence-corrected chi connectivity index (χ3v) is 6.05. The lowest BCUT2D eigenvalue weighted by Crippen LogP contribution is -2.41. The summed E-state index contributed by atoms with van der Waals surface area (Å²) < 4.78 is 48.4. The van der Waals surface area contributed by atoms with Gasteiger partial charge in [-0.1, -0.05) is 0 Å². The van der Waals surface area contributed by atoms with Crippen molar-refractivity contribution in [3.63, 3.8) is 0 Å². The maximum absolute atomic E-state index is 14.1. The number of carbonyl (C=O) groups excluding carboxylic acids is 2. The highest BCUT2D eigenvalue weighted by Gasteiger charge is 2.52. The van der Waals surface area contributed by atoms with Gasteiger partial charge < -0.3 is 18.8 Å². The summed E-state index contributed by atoms with van der Waals surface area (Å²) in [5.74, 6) is -1.80. The van der Waals surface area contributed by atoms with Crippen molar-refractivity contribution in [1.29, 1.82) is 0 Å². The summed E-state index contributed by atoms with van der Waals surface area (Å²) in [5.41, 5.74) is -0.300. The predicted molar refractivity (Wildman–Crippen MR) is 128 cm³/mol. The molecule has 0 bridgehead atoms. The number of ether oxygens (including phenoxy) is 2. The fourth-order valence-corrected chi connectivity index (χ4v) is 3.25. The van der Waals surface area contributed by atoms with Gasteiger partial charge in [-0.3, -0.25) is 0 Å². The van der Waals surface area contributed by atoms with Crippen molar-refractivity contribution in [2.75, 3.05) is 13.2 Å². The van der Waals surface area contributed by atoms with Gasteiger partial charge in [0.2, 0.25) is 0 Å². The second-order valence-corrected chi connectivity index (χ2v) is 9.25. The molecule has 0 radical (unpaired) electrons. The average Bonchev–Trinajstić information content (AvgIpc) is 2.98. The minimum absolute atomic E-state index is 0.208. The van der Waals surface area contributed by atoms with Crippen molar-refractivity contribution in [2.45, 2.75) is 52.7 Å². The van der Waals surface area contributed by atoms with E-state index in [1.807, 2.05) is 27.7 Å². The van der Waals surface area contributed by atoms with Gasteiger partial charge in [-0.05, 0) is 93.9 Å². The Balaban J connectivity index is 0.000000270. The van der Waals surface area contributed by atoms with Crippen molar-refractivity contribution in [2.24, 2.45) is 0 Å². The smallest absolute Gasteiger partial charge is 0.462 e. The molecule has 0 saturated carbocycles. The van der Waals surface area contributed by atoms with E-state index in [-0.39, 0.29) is 22.1 Å². The van der Waals surface area contributed by atoms with Gasteiger partial charge in [-0.2, -0.15) is 0 Å². The number of benzene rings is 2. The largest absolute Gasteiger partial charge is 0.497 e. The van der Waals surface area contributed by atoms with E-state index >= 15 is 0 Å². The van der Waals surface area contributed by atoms with Crippen LogP contribution in [-0.2, 0) is 18.8 Å². The van der Waals surface area contributed by atoms with E-state index in [1.165, 1.54) is 36.4 Å². The number of carbonyl (C=O) groups is 2. The fourth-order valence-electron chi connectivity index (χ4n) is 2.87. The summed E-state index contributed by atoms with van der Waals surface area (Å²) in [6.45, 7) is 11.6. The number of hydrogen-bond donors (Lipinski definition) is 0. The first-order valence-electron chi connectivity index (χ1n) is 10.8. The van der Waals surface area contributed by atoms with Crippen LogP contribution < -0.4 is 5.46 Å². The molecule has 34 heavy (non-hydrogen) atoms. The second-order valence-electron chi connectivity index (χ2n) is 8.39. The molecule has 0 unspecified atom stereocenters. The maximum atomic E-state index is 14.1. The third kappa shape index (κ3) is 6.64. The molecule has 0 aliphatic carbocycles. The van der Waals surface area contributed by atoms with Crippen LogP contribution in [0.5, 0.6) is 0 Å². The first-order chi connectivity index (χ1) is 15.8. The zero-order chi connectivity index (χ0) is 25.7. The van der Waals surface area contributed by atoms with Crippen molar-refractivity contribution in [3.8, 4) is 0 Å². The van der Waals surface area contributed by atoms with Gasteiger partial charge in [0.25, 0.3) is 0 Å². The van der Waals surface area contributed by atoms with Gasteiger partial charge in [0.15, 0.2) is 0 Å². The number of rotatable bonds is 5. The van der Waals surface area contributed by atoms with Crippen molar-refractivity contribution >= 4 is 40.4 Å². The first kappa shape index (κ1) is 27.9. The summed E-state index contributed by atoms with van der Waals surface area (Å²) in [6, 6.07) is 8.05. The third-order valence-electron chi connectivity index (χ3n) is 5.45. The molecule has 0 amide bonds. The van der Waals surface area contributed by atoms with Gasteiger partial charge in [-0.15, -0.1) is 0 Å². The maximum Gasteiger partial charge on any atom is 0.497 e. The predicted octanol–water partition coefficient (Wildman–Crippen LogP) is 5.07. The lowest BCUT2D eigenvalue weighted by atomic mass is 9.78.